The third kappa shape index (κ3) is 11.6. The zero-order valence-electron chi connectivity index (χ0n) is 5.39. The van der Waals surface area contributed by atoms with E-state index >= 15 is 0 Å². The summed E-state index contributed by atoms with van der Waals surface area (Å²) in [7, 11) is 0. The van der Waals surface area contributed by atoms with Crippen LogP contribution >= 0.6 is 24.0 Å². The molecule has 0 saturated carbocycles. The lowest BCUT2D eigenvalue weighted by atomic mass is 10.2. The zero-order chi connectivity index (χ0) is 6.57. The average molecular weight is 173 g/mol. The summed E-state index contributed by atoms with van der Waals surface area (Å²) < 4.78 is 4.43. The Hall–Kier alpha value is 0.0500. The number of carbonyl (C=O) groups is 1. The summed E-state index contributed by atoms with van der Waals surface area (Å²) in [4.78, 5) is 9.89. The molecule has 0 saturated heterocycles. The van der Waals surface area contributed by atoms with Gasteiger partial charge in [0.1, 0.15) is 0 Å². The number of ether oxygens (including phenoxy) is 1. The second-order valence-corrected chi connectivity index (χ2v) is 2.25. The largest absolute Gasteiger partial charge is 0.453 e. The predicted octanol–water partition coefficient (Wildman–Crippen LogP) is 2.44. The third-order valence-corrected chi connectivity index (χ3v) is 0.639. The SMILES string of the molecule is CC(C)COC(=O)Cl.Cl. The minimum Gasteiger partial charge on any atom is -0.453 e. The fourth-order valence-corrected chi connectivity index (χ4v) is 0.295. The first kappa shape index (κ1) is 11.8. The molecule has 0 fully saturated rings. The molecule has 56 valence electrons. The fourth-order valence-electron chi connectivity index (χ4n) is 0.232. The number of rotatable bonds is 2. The van der Waals surface area contributed by atoms with Crippen molar-refractivity contribution in [3.05, 3.63) is 0 Å². The van der Waals surface area contributed by atoms with Crippen molar-refractivity contribution in [3.8, 4) is 0 Å². The first-order chi connectivity index (χ1) is 3.63. The normalized spacial score (nSPS) is 8.44. The smallest absolute Gasteiger partial charge is 0.403 e. The summed E-state index contributed by atoms with van der Waals surface area (Å²) in [6.45, 7) is 4.29. The standard InChI is InChI=1S/C5H9ClO2.ClH/c1-4(2)3-8-5(6)7;/h4H,3H2,1-2H3;1H. The van der Waals surface area contributed by atoms with Crippen LogP contribution in [0.3, 0.4) is 0 Å². The highest BCUT2D eigenvalue weighted by Crippen LogP contribution is 1.94. The summed E-state index contributed by atoms with van der Waals surface area (Å²) in [5, 5.41) is 0. The number of halogens is 2. The van der Waals surface area contributed by atoms with Gasteiger partial charge in [0.25, 0.3) is 0 Å². The van der Waals surface area contributed by atoms with Gasteiger partial charge >= 0.3 is 5.43 Å². The highest BCUT2D eigenvalue weighted by molar-refractivity contribution is 6.61. The van der Waals surface area contributed by atoms with Crippen LogP contribution in [-0.2, 0) is 4.74 Å². The molecular weight excluding hydrogens is 163 g/mol. The summed E-state index contributed by atoms with van der Waals surface area (Å²) >= 11 is 4.86. The third-order valence-electron chi connectivity index (χ3n) is 0.530. The maximum Gasteiger partial charge on any atom is 0.403 e. The predicted molar refractivity (Wildman–Crippen MR) is 39.3 cm³/mol. The van der Waals surface area contributed by atoms with Crippen LogP contribution in [0, 0.1) is 5.92 Å². The van der Waals surface area contributed by atoms with Crippen LogP contribution in [-0.4, -0.2) is 12.0 Å². The van der Waals surface area contributed by atoms with Crippen LogP contribution in [0.4, 0.5) is 4.79 Å². The lowest BCUT2D eigenvalue weighted by molar-refractivity contribution is 0.159. The van der Waals surface area contributed by atoms with Crippen molar-refractivity contribution in [1.82, 2.24) is 0 Å². The molecule has 2 nitrogen and oxygen atoms in total. The van der Waals surface area contributed by atoms with Crippen molar-refractivity contribution in [1.29, 1.82) is 0 Å². The van der Waals surface area contributed by atoms with Gasteiger partial charge in [0.15, 0.2) is 0 Å². The number of hydrogen-bond acceptors (Lipinski definition) is 2. The van der Waals surface area contributed by atoms with E-state index < -0.39 is 5.43 Å². The molecule has 0 aliphatic heterocycles. The van der Waals surface area contributed by atoms with Gasteiger partial charge in [-0.3, -0.25) is 0 Å². The molecule has 0 aromatic heterocycles. The lowest BCUT2D eigenvalue weighted by Crippen LogP contribution is -2.02. The minimum absolute atomic E-state index is 0. The van der Waals surface area contributed by atoms with Crippen molar-refractivity contribution in [2.24, 2.45) is 5.92 Å². The molecule has 0 atom stereocenters. The van der Waals surface area contributed by atoms with Crippen molar-refractivity contribution < 1.29 is 9.53 Å². The van der Waals surface area contributed by atoms with E-state index in [9.17, 15) is 4.79 Å². The molecule has 0 heterocycles. The van der Waals surface area contributed by atoms with Gasteiger partial charge < -0.3 is 4.74 Å². The van der Waals surface area contributed by atoms with Crippen LogP contribution in [0.5, 0.6) is 0 Å². The van der Waals surface area contributed by atoms with Crippen molar-refractivity contribution in [3.63, 3.8) is 0 Å². The van der Waals surface area contributed by atoms with Crippen molar-refractivity contribution >= 4 is 29.4 Å². The van der Waals surface area contributed by atoms with E-state index in [1.807, 2.05) is 13.8 Å². The fraction of sp³-hybridized carbons (Fsp3) is 0.800. The van der Waals surface area contributed by atoms with E-state index in [1.165, 1.54) is 0 Å². The number of hydrogen-bond donors (Lipinski definition) is 0. The van der Waals surface area contributed by atoms with Gasteiger partial charge in [-0.25, -0.2) is 4.79 Å². The molecule has 0 aliphatic rings. The lowest BCUT2D eigenvalue weighted by Gasteiger charge is -2.00. The number of carbonyl (C=O) groups excluding carboxylic acids is 1. The van der Waals surface area contributed by atoms with Gasteiger partial charge in [0.2, 0.25) is 0 Å². The van der Waals surface area contributed by atoms with Crippen LogP contribution in [0.1, 0.15) is 13.8 Å². The molecular formula is C5H10Cl2O2. The summed E-state index contributed by atoms with van der Waals surface area (Å²) in [6, 6.07) is 0. The van der Waals surface area contributed by atoms with E-state index in [-0.39, 0.29) is 12.4 Å². The van der Waals surface area contributed by atoms with Gasteiger partial charge in [0.05, 0.1) is 6.61 Å². The molecule has 0 aromatic carbocycles. The Morgan fingerprint density at radius 3 is 2.22 bits per heavy atom. The topological polar surface area (TPSA) is 26.3 Å². The average Bonchev–Trinajstić information content (AvgIpc) is 1.61. The van der Waals surface area contributed by atoms with Gasteiger partial charge in [0, 0.05) is 11.6 Å². The Bertz CT molecular complexity index is 83.0. The van der Waals surface area contributed by atoms with E-state index in [1.54, 1.807) is 0 Å². The Kier molecular flexibility index (Phi) is 8.09. The van der Waals surface area contributed by atoms with Gasteiger partial charge in [-0.1, -0.05) is 13.8 Å². The van der Waals surface area contributed by atoms with Crippen LogP contribution in [0.25, 0.3) is 0 Å². The highest BCUT2D eigenvalue weighted by atomic mass is 35.5. The summed E-state index contributed by atoms with van der Waals surface area (Å²) in [5.41, 5.74) is -0.723. The summed E-state index contributed by atoms with van der Waals surface area (Å²) in [6.07, 6.45) is 0. The molecule has 0 aromatic rings. The van der Waals surface area contributed by atoms with E-state index in [0.717, 1.165) is 0 Å². The van der Waals surface area contributed by atoms with E-state index in [4.69, 9.17) is 11.6 Å². The summed E-state index contributed by atoms with van der Waals surface area (Å²) in [5.74, 6) is 0.359. The Labute approximate surface area is 65.9 Å². The second-order valence-electron chi connectivity index (χ2n) is 1.94. The Balaban J connectivity index is 0. The van der Waals surface area contributed by atoms with Gasteiger partial charge in [-0.2, -0.15) is 0 Å². The molecule has 0 bridgehead atoms. The maximum atomic E-state index is 9.89. The first-order valence-corrected chi connectivity index (χ1v) is 2.83. The Morgan fingerprint density at radius 2 is 2.11 bits per heavy atom. The molecule has 0 aliphatic carbocycles. The monoisotopic (exact) mass is 172 g/mol. The highest BCUT2D eigenvalue weighted by Gasteiger charge is 1.96. The van der Waals surface area contributed by atoms with E-state index in [0.29, 0.717) is 12.5 Å². The van der Waals surface area contributed by atoms with Crippen LogP contribution in [0.15, 0.2) is 0 Å². The van der Waals surface area contributed by atoms with E-state index in [2.05, 4.69) is 4.74 Å². The molecule has 0 radical (unpaired) electrons. The van der Waals surface area contributed by atoms with Crippen molar-refractivity contribution in [2.45, 2.75) is 13.8 Å². The molecule has 0 N–H and O–H groups in total. The van der Waals surface area contributed by atoms with Crippen LogP contribution in [0.2, 0.25) is 0 Å². The molecule has 4 heteroatoms. The first-order valence-electron chi connectivity index (χ1n) is 2.45. The van der Waals surface area contributed by atoms with Crippen molar-refractivity contribution in [2.75, 3.05) is 6.61 Å². The second kappa shape index (κ2) is 6.17. The molecule has 0 amide bonds. The molecule has 0 spiro atoms. The quantitative estimate of drug-likeness (QED) is 0.599. The molecule has 0 rings (SSSR count). The molecule has 9 heavy (non-hydrogen) atoms. The van der Waals surface area contributed by atoms with Gasteiger partial charge in [-0.05, 0) is 5.92 Å². The zero-order valence-corrected chi connectivity index (χ0v) is 6.96. The maximum absolute atomic E-state index is 9.89. The van der Waals surface area contributed by atoms with Crippen LogP contribution < -0.4 is 0 Å². The Morgan fingerprint density at radius 1 is 1.67 bits per heavy atom. The van der Waals surface area contributed by atoms with Gasteiger partial charge in [-0.15, -0.1) is 12.4 Å². The minimum atomic E-state index is -0.723. The molecule has 0 unspecified atom stereocenters.